The number of hydrogen-bond acceptors (Lipinski definition) is 9. The lowest BCUT2D eigenvalue weighted by atomic mass is 10.1. The van der Waals surface area contributed by atoms with Gasteiger partial charge in [0.1, 0.15) is 0 Å². The van der Waals surface area contributed by atoms with E-state index in [0.717, 1.165) is 37.4 Å². The predicted octanol–water partition coefficient (Wildman–Crippen LogP) is 2.50. The number of hydrogen-bond donors (Lipinski definition) is 1. The van der Waals surface area contributed by atoms with Crippen LogP contribution in [0.2, 0.25) is 0 Å². The van der Waals surface area contributed by atoms with E-state index < -0.39 is 41.4 Å². The lowest BCUT2D eigenvalue weighted by Gasteiger charge is -2.08. The second kappa shape index (κ2) is 8.22. The zero-order valence-electron chi connectivity index (χ0n) is 15.5. The van der Waals surface area contributed by atoms with Crippen LogP contribution in [0.25, 0.3) is 0 Å². The first-order chi connectivity index (χ1) is 14.6. The number of halogens is 2. The van der Waals surface area contributed by atoms with Gasteiger partial charge in [0, 0.05) is 23.9 Å². The van der Waals surface area contributed by atoms with Crippen LogP contribution in [-0.4, -0.2) is 42.8 Å². The molecule has 0 radical (unpaired) electrons. The van der Waals surface area contributed by atoms with E-state index in [-0.39, 0.29) is 28.3 Å². The van der Waals surface area contributed by atoms with Crippen molar-refractivity contribution in [2.75, 3.05) is 19.0 Å². The third-order valence-corrected chi connectivity index (χ3v) is 3.80. The molecule has 0 bridgehead atoms. The Morgan fingerprint density at radius 1 is 1.06 bits per heavy atom. The molecule has 3 rings (SSSR count). The van der Waals surface area contributed by atoms with Crippen molar-refractivity contribution in [2.45, 2.75) is 6.29 Å². The first-order valence-corrected chi connectivity index (χ1v) is 8.32. The van der Waals surface area contributed by atoms with Gasteiger partial charge in [0.2, 0.25) is 0 Å². The molecule has 2 aromatic carbocycles. The van der Waals surface area contributed by atoms with Crippen molar-refractivity contribution < 1.29 is 47.0 Å². The Morgan fingerprint density at radius 3 is 2.35 bits per heavy atom. The van der Waals surface area contributed by atoms with Crippen LogP contribution in [0, 0.1) is 10.1 Å². The zero-order valence-corrected chi connectivity index (χ0v) is 15.5. The van der Waals surface area contributed by atoms with Crippen molar-refractivity contribution in [3.8, 4) is 11.5 Å². The molecule has 0 saturated heterocycles. The third kappa shape index (κ3) is 5.01. The van der Waals surface area contributed by atoms with Crippen LogP contribution in [0.1, 0.15) is 20.7 Å². The van der Waals surface area contributed by atoms with Crippen molar-refractivity contribution in [1.29, 1.82) is 0 Å². The van der Waals surface area contributed by atoms with E-state index in [0.29, 0.717) is 0 Å². The molecule has 0 fully saturated rings. The van der Waals surface area contributed by atoms with Gasteiger partial charge in [-0.3, -0.25) is 14.9 Å². The van der Waals surface area contributed by atoms with Gasteiger partial charge in [0.25, 0.3) is 11.6 Å². The minimum atomic E-state index is -3.82. The minimum Gasteiger partial charge on any atom is -0.465 e. The van der Waals surface area contributed by atoms with Crippen molar-refractivity contribution in [3.63, 3.8) is 0 Å². The van der Waals surface area contributed by atoms with Gasteiger partial charge in [-0.25, -0.2) is 9.59 Å². The number of methoxy groups -OCH3 is 1. The molecule has 0 aromatic heterocycles. The average molecular weight is 438 g/mol. The van der Waals surface area contributed by atoms with E-state index in [2.05, 4.69) is 19.5 Å². The molecule has 0 aliphatic carbocycles. The summed E-state index contributed by atoms with van der Waals surface area (Å²) in [5.74, 6) is -3.39. The monoisotopic (exact) mass is 438 g/mol. The van der Waals surface area contributed by atoms with Crippen LogP contribution >= 0.6 is 0 Å². The number of carbonyl (C=O) groups is 3. The smallest absolute Gasteiger partial charge is 0.465 e. The Bertz CT molecular complexity index is 1090. The number of fused-ring (bicyclic) bond motifs is 1. The number of carbonyl (C=O) groups excluding carboxylic acids is 3. The van der Waals surface area contributed by atoms with Gasteiger partial charge in [-0.15, -0.1) is 8.78 Å². The first-order valence-electron chi connectivity index (χ1n) is 8.32. The predicted molar refractivity (Wildman–Crippen MR) is 96.0 cm³/mol. The molecule has 1 N–H and O–H groups in total. The Kier molecular flexibility index (Phi) is 5.68. The van der Waals surface area contributed by atoms with Crippen LogP contribution in [0.4, 0.5) is 20.2 Å². The van der Waals surface area contributed by atoms with Gasteiger partial charge in [0.05, 0.1) is 23.2 Å². The number of non-ortho nitro benzene ring substituents is 1. The SMILES string of the molecule is COC(=O)c1cc(C(=O)OCC(=O)Nc2ccc3c(c2)OC(F)(F)O3)cc([N+](=O)[O-])c1. The van der Waals surface area contributed by atoms with Gasteiger partial charge in [0.15, 0.2) is 18.1 Å². The summed E-state index contributed by atoms with van der Waals surface area (Å²) in [6, 6.07) is 6.28. The molecule has 0 saturated carbocycles. The molecule has 11 nitrogen and oxygen atoms in total. The fourth-order valence-electron chi connectivity index (χ4n) is 2.51. The summed E-state index contributed by atoms with van der Waals surface area (Å²) in [6.45, 7) is -0.806. The number of rotatable bonds is 6. The molecule has 0 atom stereocenters. The van der Waals surface area contributed by atoms with Gasteiger partial charge in [-0.1, -0.05) is 0 Å². The van der Waals surface area contributed by atoms with Crippen LogP contribution in [0.5, 0.6) is 11.5 Å². The Balaban J connectivity index is 1.65. The van der Waals surface area contributed by atoms with Gasteiger partial charge in [-0.05, 0) is 18.2 Å². The maximum atomic E-state index is 13.0. The Morgan fingerprint density at radius 2 is 1.71 bits per heavy atom. The van der Waals surface area contributed by atoms with E-state index >= 15 is 0 Å². The molecule has 1 aliphatic heterocycles. The normalized spacial score (nSPS) is 13.3. The second-order valence-corrected chi connectivity index (χ2v) is 5.97. The standard InChI is InChI=1S/C18H12F2N2O9/c1-28-16(24)9-4-10(6-12(5-9)22(26)27)17(25)29-8-15(23)21-11-2-3-13-14(7-11)31-18(19,20)30-13/h2-7H,8H2,1H3,(H,21,23). The minimum absolute atomic E-state index is 0.0597. The molecule has 0 spiro atoms. The van der Waals surface area contributed by atoms with Crippen LogP contribution < -0.4 is 14.8 Å². The highest BCUT2D eigenvalue weighted by Gasteiger charge is 2.43. The molecule has 2 aromatic rings. The number of nitrogens with zero attached hydrogens (tertiary/aromatic N) is 1. The Labute approximate surface area is 171 Å². The number of benzene rings is 2. The molecule has 13 heteroatoms. The molecule has 0 unspecified atom stereocenters. The maximum Gasteiger partial charge on any atom is 0.586 e. The van der Waals surface area contributed by atoms with Gasteiger partial charge in [-0.2, -0.15) is 0 Å². The quantitative estimate of drug-likeness (QED) is 0.409. The fourth-order valence-corrected chi connectivity index (χ4v) is 2.51. The number of nitro benzene ring substituents is 1. The zero-order chi connectivity index (χ0) is 22.8. The maximum absolute atomic E-state index is 13.0. The van der Waals surface area contributed by atoms with Gasteiger partial charge < -0.3 is 24.3 Å². The Hall–Kier alpha value is -4.29. The van der Waals surface area contributed by atoms with Gasteiger partial charge >= 0.3 is 18.2 Å². The van der Waals surface area contributed by atoms with E-state index in [9.17, 15) is 33.3 Å². The number of nitrogens with one attached hydrogen (secondary N) is 1. The van der Waals surface area contributed by atoms with Crippen molar-refractivity contribution in [3.05, 3.63) is 57.6 Å². The summed E-state index contributed by atoms with van der Waals surface area (Å²) in [5, 5.41) is 13.3. The third-order valence-electron chi connectivity index (χ3n) is 3.80. The highest BCUT2D eigenvalue weighted by atomic mass is 19.3. The number of alkyl halides is 2. The summed E-state index contributed by atoms with van der Waals surface area (Å²) in [5.41, 5.74) is -1.11. The molecular formula is C18H12F2N2O9. The number of amides is 1. The number of esters is 2. The van der Waals surface area contributed by atoms with E-state index in [1.54, 1.807) is 0 Å². The van der Waals surface area contributed by atoms with Crippen LogP contribution in [0.15, 0.2) is 36.4 Å². The summed E-state index contributed by atoms with van der Waals surface area (Å²) in [4.78, 5) is 46.0. The lowest BCUT2D eigenvalue weighted by molar-refractivity contribution is -0.384. The molecule has 1 amide bonds. The number of anilines is 1. The highest BCUT2D eigenvalue weighted by Crippen LogP contribution is 2.42. The molecule has 1 aliphatic rings. The molecule has 162 valence electrons. The fraction of sp³-hybridized carbons (Fsp3) is 0.167. The molecule has 31 heavy (non-hydrogen) atoms. The van der Waals surface area contributed by atoms with E-state index in [4.69, 9.17) is 4.74 Å². The average Bonchev–Trinajstić information content (AvgIpc) is 3.03. The topological polar surface area (TPSA) is 143 Å². The summed E-state index contributed by atoms with van der Waals surface area (Å²) in [6.07, 6.45) is -3.82. The van der Waals surface area contributed by atoms with Crippen molar-refractivity contribution in [1.82, 2.24) is 0 Å². The van der Waals surface area contributed by atoms with Crippen LogP contribution in [0.3, 0.4) is 0 Å². The lowest BCUT2D eigenvalue weighted by Crippen LogP contribution is -2.25. The van der Waals surface area contributed by atoms with Crippen molar-refractivity contribution >= 4 is 29.2 Å². The summed E-state index contributed by atoms with van der Waals surface area (Å²) in [7, 11) is 1.06. The second-order valence-electron chi connectivity index (χ2n) is 5.97. The van der Waals surface area contributed by atoms with Crippen LogP contribution in [-0.2, 0) is 14.3 Å². The molecular weight excluding hydrogens is 426 g/mol. The number of ether oxygens (including phenoxy) is 4. The molecule has 1 heterocycles. The first kappa shape index (κ1) is 21.4. The number of nitro groups is 1. The summed E-state index contributed by atoms with van der Waals surface area (Å²) < 4.78 is 43.8. The summed E-state index contributed by atoms with van der Waals surface area (Å²) >= 11 is 0. The van der Waals surface area contributed by atoms with E-state index in [1.165, 1.54) is 6.07 Å². The van der Waals surface area contributed by atoms with Crippen molar-refractivity contribution in [2.24, 2.45) is 0 Å². The van der Waals surface area contributed by atoms with E-state index in [1.807, 2.05) is 0 Å². The highest BCUT2D eigenvalue weighted by molar-refractivity contribution is 5.98. The largest absolute Gasteiger partial charge is 0.586 e.